The molecule has 2 aromatic carbocycles. The van der Waals surface area contributed by atoms with Gasteiger partial charge >= 0.3 is 0 Å². The first kappa shape index (κ1) is 46.2. The van der Waals surface area contributed by atoms with Crippen molar-refractivity contribution in [1.82, 2.24) is 32.2 Å². The van der Waals surface area contributed by atoms with E-state index in [1.807, 2.05) is 81.4 Å². The summed E-state index contributed by atoms with van der Waals surface area (Å²) in [6.07, 6.45) is 0.0773. The minimum Gasteiger partial charge on any atom is -0.344 e. The van der Waals surface area contributed by atoms with Gasteiger partial charge in [0.25, 0.3) is 0 Å². The van der Waals surface area contributed by atoms with Crippen LogP contribution in [0.4, 0.5) is 0 Å². The van der Waals surface area contributed by atoms with Crippen molar-refractivity contribution >= 4 is 34.9 Å². The Hall–Kier alpha value is -4.18. The SMILES string of the molecule is CC(C)[C@H](NOC(C)(C)C)C(=O)N[C@@H](Cc1ccccc1)C(=O)C(=O)C1CNCC(C(=O)C(=O)[C@H](Cc2ccccc2)NC(=O)[C@@H](NOC(C)(C)C)C(C)C)N1. The monoisotopic (exact) mass is 778 g/mol. The summed E-state index contributed by atoms with van der Waals surface area (Å²) in [5.41, 5.74) is 5.87. The van der Waals surface area contributed by atoms with E-state index >= 15 is 0 Å². The number of hydrogen-bond donors (Lipinski definition) is 6. The molecule has 2 unspecified atom stereocenters. The topological polar surface area (TPSA) is 193 Å². The number of rotatable bonds is 20. The molecule has 1 saturated heterocycles. The van der Waals surface area contributed by atoms with E-state index in [9.17, 15) is 28.8 Å². The molecule has 0 saturated carbocycles. The van der Waals surface area contributed by atoms with E-state index in [4.69, 9.17) is 9.68 Å². The highest BCUT2D eigenvalue weighted by Crippen LogP contribution is 2.14. The standard InChI is InChI=1S/C42H62N6O8/c1-25(2)33(47-55-41(5,6)7)39(53)45-29(21-27-17-13-11-14-18-27)35(49)37(51)31-23-43-24-32(44-31)38(52)36(50)30(22-28-19-15-12-16-20-28)46-40(54)34(26(3)4)48-56-42(8,9)10/h11-20,25-26,29-34,43-44,47-48H,21-24H2,1-10H3,(H,45,53)(H,46,54)/t29-,30-,31?,32?,33-,34-/m0/s1. The third-order valence-corrected chi connectivity index (χ3v) is 8.93. The van der Waals surface area contributed by atoms with Gasteiger partial charge in [-0.05, 0) is 64.5 Å². The maximum atomic E-state index is 14.0. The lowest BCUT2D eigenvalue weighted by molar-refractivity contribution is -0.144. The Balaban J connectivity index is 1.81. The molecular weight excluding hydrogens is 716 g/mol. The summed E-state index contributed by atoms with van der Waals surface area (Å²) in [4.78, 5) is 94.2. The van der Waals surface area contributed by atoms with Crippen molar-refractivity contribution in [3.8, 4) is 0 Å². The fourth-order valence-corrected chi connectivity index (χ4v) is 5.86. The Bertz CT molecular complexity index is 1520. The van der Waals surface area contributed by atoms with Gasteiger partial charge in [0.05, 0.1) is 35.4 Å². The van der Waals surface area contributed by atoms with Gasteiger partial charge in [0.15, 0.2) is 0 Å². The predicted octanol–water partition coefficient (Wildman–Crippen LogP) is 2.34. The molecule has 6 N–H and O–H groups in total. The number of carbonyl (C=O) groups is 6. The van der Waals surface area contributed by atoms with Crippen LogP contribution in [0.15, 0.2) is 60.7 Å². The molecule has 0 bridgehead atoms. The number of amides is 2. The molecule has 3 rings (SSSR count). The van der Waals surface area contributed by atoms with Gasteiger partial charge in [0.1, 0.15) is 12.1 Å². The largest absolute Gasteiger partial charge is 0.344 e. The molecule has 14 heteroatoms. The Morgan fingerprint density at radius 2 is 0.946 bits per heavy atom. The van der Waals surface area contributed by atoms with Gasteiger partial charge < -0.3 is 16.0 Å². The minimum atomic E-state index is -1.23. The number of benzene rings is 2. The predicted molar refractivity (Wildman–Crippen MR) is 213 cm³/mol. The summed E-state index contributed by atoms with van der Waals surface area (Å²) < 4.78 is 0. The smallest absolute Gasteiger partial charge is 0.240 e. The van der Waals surface area contributed by atoms with E-state index in [0.717, 1.165) is 11.1 Å². The van der Waals surface area contributed by atoms with Crippen LogP contribution in [0.1, 0.15) is 80.4 Å². The van der Waals surface area contributed by atoms with Crippen molar-refractivity contribution in [2.24, 2.45) is 11.8 Å². The quantitative estimate of drug-likeness (QED) is 0.0851. The molecule has 2 aromatic rings. The lowest BCUT2D eigenvalue weighted by atomic mass is 9.92. The zero-order valence-corrected chi connectivity index (χ0v) is 34.5. The van der Waals surface area contributed by atoms with Gasteiger partial charge in [-0.2, -0.15) is 11.0 Å². The molecule has 56 heavy (non-hydrogen) atoms. The average molecular weight is 779 g/mol. The van der Waals surface area contributed by atoms with Gasteiger partial charge in [0, 0.05) is 25.9 Å². The second-order valence-corrected chi connectivity index (χ2v) is 17.0. The second-order valence-electron chi connectivity index (χ2n) is 17.0. The first-order valence-electron chi connectivity index (χ1n) is 19.3. The van der Waals surface area contributed by atoms with E-state index in [0.29, 0.717) is 0 Å². The van der Waals surface area contributed by atoms with Crippen molar-refractivity contribution in [2.45, 2.75) is 130 Å². The van der Waals surface area contributed by atoms with Crippen LogP contribution in [0.3, 0.4) is 0 Å². The summed E-state index contributed by atoms with van der Waals surface area (Å²) in [5.74, 6) is -4.94. The fourth-order valence-electron chi connectivity index (χ4n) is 5.86. The van der Waals surface area contributed by atoms with E-state index in [1.54, 1.807) is 48.5 Å². The molecule has 1 aliphatic heterocycles. The third kappa shape index (κ3) is 14.7. The summed E-state index contributed by atoms with van der Waals surface area (Å²) in [5, 5.41) is 11.5. The molecule has 1 aliphatic rings. The van der Waals surface area contributed by atoms with Crippen molar-refractivity contribution in [1.29, 1.82) is 0 Å². The summed E-state index contributed by atoms with van der Waals surface area (Å²) in [7, 11) is 0. The van der Waals surface area contributed by atoms with Crippen LogP contribution in [-0.2, 0) is 51.3 Å². The number of Topliss-reactive ketones (excluding diaryl/α,β-unsaturated/α-hetero) is 4. The van der Waals surface area contributed by atoms with Crippen LogP contribution in [0.5, 0.6) is 0 Å². The zero-order valence-electron chi connectivity index (χ0n) is 34.5. The molecule has 14 nitrogen and oxygen atoms in total. The van der Waals surface area contributed by atoms with Crippen LogP contribution in [0, 0.1) is 11.8 Å². The molecule has 0 aromatic heterocycles. The number of piperazine rings is 1. The van der Waals surface area contributed by atoms with Crippen LogP contribution in [0.2, 0.25) is 0 Å². The lowest BCUT2D eigenvalue weighted by Gasteiger charge is -2.32. The van der Waals surface area contributed by atoms with Crippen molar-refractivity contribution < 1.29 is 38.4 Å². The molecule has 308 valence electrons. The van der Waals surface area contributed by atoms with E-state index in [1.165, 1.54) is 0 Å². The number of hydrogen-bond acceptors (Lipinski definition) is 12. The Morgan fingerprint density at radius 3 is 1.25 bits per heavy atom. The molecule has 0 radical (unpaired) electrons. The fraction of sp³-hybridized carbons (Fsp3) is 0.571. The lowest BCUT2D eigenvalue weighted by Crippen LogP contribution is -2.65. The first-order valence-corrected chi connectivity index (χ1v) is 19.3. The van der Waals surface area contributed by atoms with E-state index in [-0.39, 0.29) is 37.8 Å². The highest BCUT2D eigenvalue weighted by Gasteiger charge is 2.41. The molecule has 6 atom stereocenters. The second kappa shape index (κ2) is 20.8. The van der Waals surface area contributed by atoms with Gasteiger partial charge in [-0.15, -0.1) is 0 Å². The summed E-state index contributed by atoms with van der Waals surface area (Å²) in [6.45, 7) is 18.3. The van der Waals surface area contributed by atoms with Crippen LogP contribution in [-0.4, -0.2) is 95.5 Å². The van der Waals surface area contributed by atoms with Gasteiger partial charge in [-0.3, -0.25) is 43.8 Å². The highest BCUT2D eigenvalue weighted by atomic mass is 16.7. The maximum absolute atomic E-state index is 14.0. The molecular formula is C42H62N6O8. The molecule has 2 amide bonds. The van der Waals surface area contributed by atoms with Crippen molar-refractivity contribution in [2.75, 3.05) is 13.1 Å². The molecule has 1 heterocycles. The Morgan fingerprint density at radius 1 is 0.607 bits per heavy atom. The molecule has 0 aliphatic carbocycles. The molecule has 1 fully saturated rings. The zero-order chi connectivity index (χ0) is 41.8. The first-order chi connectivity index (χ1) is 26.2. The number of hydroxylamine groups is 2. The highest BCUT2D eigenvalue weighted by molar-refractivity contribution is 6.43. The average Bonchev–Trinajstić information content (AvgIpc) is 3.12. The van der Waals surface area contributed by atoms with Crippen LogP contribution < -0.4 is 32.2 Å². The number of nitrogens with one attached hydrogen (secondary N) is 6. The normalized spacial score (nSPS) is 18.4. The summed E-state index contributed by atoms with van der Waals surface area (Å²) in [6, 6.07) is 11.5. The van der Waals surface area contributed by atoms with Crippen LogP contribution >= 0.6 is 0 Å². The summed E-state index contributed by atoms with van der Waals surface area (Å²) >= 11 is 0. The van der Waals surface area contributed by atoms with Crippen LogP contribution in [0.25, 0.3) is 0 Å². The van der Waals surface area contributed by atoms with Gasteiger partial charge in [-0.25, -0.2) is 0 Å². The Labute approximate surface area is 331 Å². The van der Waals surface area contributed by atoms with E-state index < -0.39 is 82.4 Å². The maximum Gasteiger partial charge on any atom is 0.240 e. The van der Waals surface area contributed by atoms with Gasteiger partial charge in [-0.1, -0.05) is 88.4 Å². The third-order valence-electron chi connectivity index (χ3n) is 8.93. The van der Waals surface area contributed by atoms with Gasteiger partial charge in [0.2, 0.25) is 34.9 Å². The number of ketones is 4. The van der Waals surface area contributed by atoms with E-state index in [2.05, 4.69) is 32.2 Å². The molecule has 0 spiro atoms. The van der Waals surface area contributed by atoms with Crippen molar-refractivity contribution in [3.05, 3.63) is 71.8 Å². The minimum absolute atomic E-state index is 0.00381. The number of carbonyl (C=O) groups excluding carboxylic acids is 6. The Kier molecular flexibility index (Phi) is 17.2. The van der Waals surface area contributed by atoms with Crippen molar-refractivity contribution in [3.63, 3.8) is 0 Å².